The molecular weight excluding hydrogens is 388 g/mol. The van der Waals surface area contributed by atoms with Crippen LogP contribution >= 0.6 is 0 Å². The van der Waals surface area contributed by atoms with Gasteiger partial charge in [0.2, 0.25) is 10.0 Å². The number of morpholine rings is 1. The molecule has 28 heavy (non-hydrogen) atoms. The van der Waals surface area contributed by atoms with Crippen LogP contribution in [0, 0.1) is 10.1 Å². The van der Waals surface area contributed by atoms with Crippen molar-refractivity contribution in [3.8, 4) is 0 Å². The Bertz CT molecular complexity index is 918. The number of nitrogens with one attached hydrogen (secondary N) is 2. The Balaban J connectivity index is 1.69. The van der Waals surface area contributed by atoms with Crippen LogP contribution in [0.2, 0.25) is 0 Å². The second-order valence-corrected chi connectivity index (χ2v) is 7.83. The lowest BCUT2D eigenvalue weighted by molar-refractivity contribution is -0.384. The van der Waals surface area contributed by atoms with Crippen LogP contribution in [0.5, 0.6) is 0 Å². The zero-order valence-corrected chi connectivity index (χ0v) is 15.8. The van der Waals surface area contributed by atoms with Gasteiger partial charge in [-0.3, -0.25) is 15.1 Å². The summed E-state index contributed by atoms with van der Waals surface area (Å²) < 4.78 is 31.8. The maximum absolute atomic E-state index is 12.7. The molecule has 3 rings (SSSR count). The fourth-order valence-electron chi connectivity index (χ4n) is 2.69. The van der Waals surface area contributed by atoms with Gasteiger partial charge in [0.15, 0.2) is 0 Å². The molecule has 0 aliphatic carbocycles. The highest BCUT2D eigenvalue weighted by molar-refractivity contribution is 7.89. The van der Waals surface area contributed by atoms with E-state index in [2.05, 4.69) is 20.6 Å². The largest absolute Gasteiger partial charge is 0.379 e. The zero-order chi connectivity index (χ0) is 20.0. The first-order valence-electron chi connectivity index (χ1n) is 8.58. The number of benzene rings is 1. The number of hydrogen-bond donors (Lipinski definition) is 2. The smallest absolute Gasteiger partial charge is 0.293 e. The van der Waals surface area contributed by atoms with Crippen molar-refractivity contribution in [1.29, 1.82) is 0 Å². The van der Waals surface area contributed by atoms with Gasteiger partial charge in [-0.1, -0.05) is 0 Å². The molecule has 0 atom stereocenters. The summed E-state index contributed by atoms with van der Waals surface area (Å²) in [6, 6.07) is 3.87. The molecule has 2 aromatic rings. The van der Waals surface area contributed by atoms with E-state index in [9.17, 15) is 18.5 Å². The third-order valence-corrected chi connectivity index (χ3v) is 5.98. The fourth-order valence-corrected chi connectivity index (χ4v) is 4.12. The molecule has 1 fully saturated rings. The average Bonchev–Trinajstić information content (AvgIpc) is 2.72. The molecular formula is C16H20N6O5S. The molecule has 0 unspecified atom stereocenters. The standard InChI is InChI=1S/C16H20N6O5S/c23-22(24)15-11-13(28(25,26)21-7-9-27-10-8-21)1-2-14(15)18-5-6-20-16-12-17-3-4-19-16/h1-4,11-12,18H,5-10H2,(H,19,20). The van der Waals surface area contributed by atoms with Crippen molar-refractivity contribution in [1.82, 2.24) is 14.3 Å². The normalized spacial score (nSPS) is 15.1. The minimum Gasteiger partial charge on any atom is -0.379 e. The van der Waals surface area contributed by atoms with Crippen molar-refractivity contribution in [3.63, 3.8) is 0 Å². The van der Waals surface area contributed by atoms with Crippen molar-refractivity contribution in [3.05, 3.63) is 46.9 Å². The summed E-state index contributed by atoms with van der Waals surface area (Å²) in [7, 11) is -3.80. The first kappa shape index (κ1) is 19.9. The monoisotopic (exact) mass is 408 g/mol. The number of rotatable bonds is 8. The summed E-state index contributed by atoms with van der Waals surface area (Å²) >= 11 is 0. The van der Waals surface area contributed by atoms with Crippen LogP contribution in [0.1, 0.15) is 0 Å². The third-order valence-electron chi connectivity index (χ3n) is 4.08. The number of aromatic nitrogens is 2. The van der Waals surface area contributed by atoms with E-state index in [-0.39, 0.29) is 29.4 Å². The Hall–Kier alpha value is -2.83. The lowest BCUT2D eigenvalue weighted by Gasteiger charge is -2.26. The Morgan fingerprint density at radius 2 is 1.93 bits per heavy atom. The predicted octanol–water partition coefficient (Wildman–Crippen LogP) is 0.930. The summed E-state index contributed by atoms with van der Waals surface area (Å²) in [4.78, 5) is 18.7. The molecule has 0 spiro atoms. The Labute approximate surface area is 161 Å². The summed E-state index contributed by atoms with van der Waals surface area (Å²) in [5.74, 6) is 0.589. The predicted molar refractivity (Wildman–Crippen MR) is 102 cm³/mol. The van der Waals surface area contributed by atoms with E-state index in [4.69, 9.17) is 4.74 Å². The minimum atomic E-state index is -3.80. The zero-order valence-electron chi connectivity index (χ0n) is 14.9. The molecule has 0 saturated carbocycles. The van der Waals surface area contributed by atoms with Crippen LogP contribution in [-0.2, 0) is 14.8 Å². The van der Waals surface area contributed by atoms with Gasteiger partial charge in [-0.2, -0.15) is 4.31 Å². The van der Waals surface area contributed by atoms with Crippen molar-refractivity contribution in [2.45, 2.75) is 4.90 Å². The van der Waals surface area contributed by atoms with Gasteiger partial charge in [0.1, 0.15) is 11.5 Å². The molecule has 12 heteroatoms. The van der Waals surface area contributed by atoms with Gasteiger partial charge in [-0.05, 0) is 12.1 Å². The lowest BCUT2D eigenvalue weighted by Crippen LogP contribution is -2.40. The van der Waals surface area contributed by atoms with Gasteiger partial charge in [-0.15, -0.1) is 0 Å². The number of anilines is 2. The maximum atomic E-state index is 12.7. The number of ether oxygens (including phenoxy) is 1. The first-order valence-corrected chi connectivity index (χ1v) is 10.0. The topological polar surface area (TPSA) is 140 Å². The molecule has 11 nitrogen and oxygen atoms in total. The van der Waals surface area contributed by atoms with Crippen LogP contribution in [0.3, 0.4) is 0 Å². The van der Waals surface area contributed by atoms with Crippen LogP contribution in [0.15, 0.2) is 41.7 Å². The van der Waals surface area contributed by atoms with E-state index in [0.29, 0.717) is 32.1 Å². The average molecular weight is 408 g/mol. The van der Waals surface area contributed by atoms with Gasteiger partial charge in [0, 0.05) is 44.6 Å². The molecule has 2 N–H and O–H groups in total. The number of nitrogens with zero attached hydrogens (tertiary/aromatic N) is 4. The second-order valence-electron chi connectivity index (χ2n) is 5.90. The van der Waals surface area contributed by atoms with E-state index in [0.717, 1.165) is 6.07 Å². The van der Waals surface area contributed by atoms with Crippen molar-refractivity contribution >= 4 is 27.2 Å². The van der Waals surface area contributed by atoms with E-state index in [1.54, 1.807) is 18.6 Å². The Morgan fingerprint density at radius 3 is 2.61 bits per heavy atom. The van der Waals surface area contributed by atoms with Gasteiger partial charge in [-0.25, -0.2) is 13.4 Å². The number of nitro groups is 1. The summed E-state index contributed by atoms with van der Waals surface area (Å²) in [5.41, 5.74) is -0.0549. The lowest BCUT2D eigenvalue weighted by atomic mass is 10.2. The molecule has 0 radical (unpaired) electrons. The van der Waals surface area contributed by atoms with Crippen LogP contribution in [0.25, 0.3) is 0 Å². The van der Waals surface area contributed by atoms with Crippen LogP contribution < -0.4 is 10.6 Å². The maximum Gasteiger partial charge on any atom is 0.293 e. The highest BCUT2D eigenvalue weighted by Gasteiger charge is 2.28. The number of nitro benzene ring substituents is 1. The van der Waals surface area contributed by atoms with Gasteiger partial charge < -0.3 is 15.4 Å². The molecule has 1 aliphatic rings. The summed E-state index contributed by atoms with van der Waals surface area (Å²) in [5, 5.41) is 17.4. The molecule has 0 amide bonds. The van der Waals surface area contributed by atoms with E-state index >= 15 is 0 Å². The quantitative estimate of drug-likeness (QED) is 0.371. The number of sulfonamides is 1. The Kier molecular flexibility index (Phi) is 6.34. The minimum absolute atomic E-state index is 0.107. The second kappa shape index (κ2) is 8.91. The highest BCUT2D eigenvalue weighted by atomic mass is 32.2. The summed E-state index contributed by atoms with van der Waals surface area (Å²) in [6.45, 7) is 1.88. The molecule has 0 bridgehead atoms. The number of hydrogen-bond acceptors (Lipinski definition) is 9. The van der Waals surface area contributed by atoms with Crippen LogP contribution in [0.4, 0.5) is 17.2 Å². The molecule has 1 aromatic heterocycles. The molecule has 1 aromatic carbocycles. The van der Waals surface area contributed by atoms with Gasteiger partial charge in [0.05, 0.1) is 29.2 Å². The third kappa shape index (κ3) is 4.71. The molecule has 1 saturated heterocycles. The van der Waals surface area contributed by atoms with Crippen molar-refractivity contribution < 1.29 is 18.1 Å². The SMILES string of the molecule is O=[N+]([O-])c1cc(S(=O)(=O)N2CCOCC2)ccc1NCCNc1cnccn1. The van der Waals surface area contributed by atoms with E-state index in [1.807, 2.05) is 0 Å². The molecule has 1 aliphatic heterocycles. The fraction of sp³-hybridized carbons (Fsp3) is 0.375. The Morgan fingerprint density at radius 1 is 1.18 bits per heavy atom. The first-order chi connectivity index (χ1) is 13.5. The van der Waals surface area contributed by atoms with E-state index in [1.165, 1.54) is 16.4 Å². The van der Waals surface area contributed by atoms with Crippen molar-refractivity contribution in [2.75, 3.05) is 50.0 Å². The van der Waals surface area contributed by atoms with Crippen molar-refractivity contribution in [2.24, 2.45) is 0 Å². The van der Waals surface area contributed by atoms with Gasteiger partial charge >= 0.3 is 0 Å². The molecule has 150 valence electrons. The molecule has 2 heterocycles. The van der Waals surface area contributed by atoms with Crippen LogP contribution in [-0.4, -0.2) is 67.0 Å². The summed E-state index contributed by atoms with van der Waals surface area (Å²) in [6.07, 6.45) is 4.67. The van der Waals surface area contributed by atoms with Gasteiger partial charge in [0.25, 0.3) is 5.69 Å². The highest BCUT2D eigenvalue weighted by Crippen LogP contribution is 2.29. The van der Waals surface area contributed by atoms with E-state index < -0.39 is 14.9 Å².